The van der Waals surface area contributed by atoms with E-state index in [1.807, 2.05) is 24.5 Å². The third kappa shape index (κ3) is 5.59. The molecule has 118 valence electrons. The van der Waals surface area contributed by atoms with Gasteiger partial charge >= 0.3 is 0 Å². The van der Waals surface area contributed by atoms with Crippen molar-refractivity contribution in [3.8, 4) is 5.75 Å². The quantitative estimate of drug-likeness (QED) is 0.761. The highest BCUT2D eigenvalue weighted by molar-refractivity contribution is 7.99. The first-order valence-corrected chi connectivity index (χ1v) is 8.69. The molecule has 0 spiro atoms. The lowest BCUT2D eigenvalue weighted by atomic mass is 10.0. The Morgan fingerprint density at radius 3 is 2.67 bits per heavy atom. The van der Waals surface area contributed by atoms with Crippen molar-refractivity contribution in [2.75, 3.05) is 38.8 Å². The van der Waals surface area contributed by atoms with Gasteiger partial charge in [-0.3, -0.25) is 9.69 Å². The summed E-state index contributed by atoms with van der Waals surface area (Å²) >= 11 is 1.54. The van der Waals surface area contributed by atoms with Crippen molar-refractivity contribution in [1.29, 1.82) is 0 Å². The number of hydrogen-bond donors (Lipinski definition) is 1. The molecule has 1 N–H and O–H groups in total. The summed E-state index contributed by atoms with van der Waals surface area (Å²) in [6, 6.07) is 8.24. The van der Waals surface area contributed by atoms with Gasteiger partial charge in [-0.15, -0.1) is 0 Å². The molecule has 1 amide bonds. The summed E-state index contributed by atoms with van der Waals surface area (Å²) in [7, 11) is 1.67. The van der Waals surface area contributed by atoms with Gasteiger partial charge in [-0.05, 0) is 37.0 Å². The topological polar surface area (TPSA) is 41.6 Å². The maximum Gasteiger partial charge on any atom is 0.230 e. The number of benzene rings is 1. The predicted octanol–water partition coefficient (Wildman–Crippen LogP) is 2.56. The van der Waals surface area contributed by atoms with Crippen LogP contribution >= 0.6 is 11.8 Å². The minimum Gasteiger partial charge on any atom is -0.497 e. The van der Waals surface area contributed by atoms with E-state index < -0.39 is 0 Å². The highest BCUT2D eigenvalue weighted by atomic mass is 32.2. The zero-order chi connectivity index (χ0) is 15.7. The van der Waals surface area contributed by atoms with Crippen molar-refractivity contribution in [3.63, 3.8) is 0 Å². The monoisotopic (exact) mass is 310 g/mol. The lowest BCUT2D eigenvalue weighted by Crippen LogP contribution is -2.38. The van der Waals surface area contributed by atoms with Crippen molar-refractivity contribution >= 4 is 17.7 Å². The zero-order valence-electron chi connectivity index (χ0n) is 13.4. The van der Waals surface area contributed by atoms with Crippen LogP contribution in [0.25, 0.3) is 0 Å². The van der Waals surface area contributed by atoms with Crippen molar-refractivity contribution in [2.24, 2.45) is 0 Å². The number of rotatable bonds is 9. The highest BCUT2D eigenvalue weighted by Crippen LogP contribution is 2.23. The van der Waals surface area contributed by atoms with Crippen LogP contribution in [0.1, 0.15) is 25.5 Å². The molecule has 1 aromatic rings. The Hall–Kier alpha value is -1.20. The van der Waals surface area contributed by atoms with Crippen LogP contribution in [-0.4, -0.2) is 49.6 Å². The SMILES string of the molecule is CCN(CC)C(CNC(=O)CSC)c1cccc(OC)c1. The van der Waals surface area contributed by atoms with Crippen LogP contribution in [0.2, 0.25) is 0 Å². The molecule has 0 heterocycles. The number of nitrogens with one attached hydrogen (secondary N) is 1. The number of ether oxygens (including phenoxy) is 1. The lowest BCUT2D eigenvalue weighted by Gasteiger charge is -2.30. The van der Waals surface area contributed by atoms with E-state index in [2.05, 4.69) is 30.1 Å². The average Bonchev–Trinajstić information content (AvgIpc) is 2.51. The summed E-state index contributed by atoms with van der Waals surface area (Å²) in [5, 5.41) is 3.03. The first-order chi connectivity index (χ1) is 10.2. The Balaban J connectivity index is 2.87. The predicted molar refractivity (Wildman–Crippen MR) is 90.0 cm³/mol. The first kappa shape index (κ1) is 17.9. The van der Waals surface area contributed by atoms with E-state index in [9.17, 15) is 4.79 Å². The van der Waals surface area contributed by atoms with Crippen molar-refractivity contribution < 1.29 is 9.53 Å². The third-order valence-corrected chi connectivity index (χ3v) is 4.05. The van der Waals surface area contributed by atoms with Gasteiger partial charge in [-0.1, -0.05) is 26.0 Å². The molecule has 0 radical (unpaired) electrons. The molecule has 0 saturated carbocycles. The number of hydrogen-bond acceptors (Lipinski definition) is 4. The zero-order valence-corrected chi connectivity index (χ0v) is 14.2. The highest BCUT2D eigenvalue weighted by Gasteiger charge is 2.19. The minimum atomic E-state index is 0.0857. The van der Waals surface area contributed by atoms with Gasteiger partial charge in [0.1, 0.15) is 5.75 Å². The fraction of sp³-hybridized carbons (Fsp3) is 0.562. The minimum absolute atomic E-state index is 0.0857. The molecule has 0 aliphatic rings. The Kier molecular flexibility index (Phi) is 8.23. The average molecular weight is 310 g/mol. The van der Waals surface area contributed by atoms with Gasteiger partial charge in [0.05, 0.1) is 18.9 Å². The lowest BCUT2D eigenvalue weighted by molar-refractivity contribution is -0.118. The van der Waals surface area contributed by atoms with Crippen molar-refractivity contribution in [2.45, 2.75) is 19.9 Å². The van der Waals surface area contributed by atoms with E-state index in [1.165, 1.54) is 17.3 Å². The number of likely N-dealkylation sites (N-methyl/N-ethyl adjacent to an activating group) is 1. The molecule has 0 fully saturated rings. The Morgan fingerprint density at radius 2 is 2.10 bits per heavy atom. The molecule has 5 heteroatoms. The molecule has 1 atom stereocenters. The van der Waals surface area contributed by atoms with E-state index in [0.717, 1.165) is 18.8 Å². The molecule has 0 aliphatic heterocycles. The van der Waals surface area contributed by atoms with Gasteiger partial charge in [0.15, 0.2) is 0 Å². The molecule has 21 heavy (non-hydrogen) atoms. The van der Waals surface area contributed by atoms with Gasteiger partial charge in [0.25, 0.3) is 0 Å². The number of amides is 1. The van der Waals surface area contributed by atoms with Crippen LogP contribution in [-0.2, 0) is 4.79 Å². The van der Waals surface area contributed by atoms with Gasteiger partial charge in [0.2, 0.25) is 5.91 Å². The van der Waals surface area contributed by atoms with E-state index in [-0.39, 0.29) is 11.9 Å². The van der Waals surface area contributed by atoms with Crippen molar-refractivity contribution in [1.82, 2.24) is 10.2 Å². The summed E-state index contributed by atoms with van der Waals surface area (Å²) < 4.78 is 5.31. The summed E-state index contributed by atoms with van der Waals surface area (Å²) in [6.07, 6.45) is 1.93. The van der Waals surface area contributed by atoms with Crippen LogP contribution in [0, 0.1) is 0 Å². The third-order valence-electron chi connectivity index (χ3n) is 3.50. The van der Waals surface area contributed by atoms with Crippen LogP contribution in [0.3, 0.4) is 0 Å². The van der Waals surface area contributed by atoms with E-state index in [0.29, 0.717) is 12.3 Å². The molecule has 0 saturated heterocycles. The van der Waals surface area contributed by atoms with Crippen LogP contribution in [0.5, 0.6) is 5.75 Å². The molecule has 0 bridgehead atoms. The van der Waals surface area contributed by atoms with Crippen LogP contribution < -0.4 is 10.1 Å². The second-order valence-electron chi connectivity index (χ2n) is 4.75. The van der Waals surface area contributed by atoms with Gasteiger partial charge in [-0.2, -0.15) is 11.8 Å². The van der Waals surface area contributed by atoms with E-state index in [4.69, 9.17) is 4.74 Å². The summed E-state index contributed by atoms with van der Waals surface area (Å²) in [5.41, 5.74) is 1.17. The standard InChI is InChI=1S/C16H26N2O2S/c1-5-18(6-2)15(11-17-16(19)12-21-4)13-8-7-9-14(10-13)20-3/h7-10,15H,5-6,11-12H2,1-4H3,(H,17,19). The fourth-order valence-corrected chi connectivity index (χ4v) is 2.73. The molecule has 0 aliphatic carbocycles. The maximum absolute atomic E-state index is 11.7. The Morgan fingerprint density at radius 1 is 1.38 bits per heavy atom. The smallest absolute Gasteiger partial charge is 0.230 e. The van der Waals surface area contributed by atoms with Gasteiger partial charge in [0, 0.05) is 6.54 Å². The summed E-state index contributed by atoms with van der Waals surface area (Å²) in [4.78, 5) is 14.1. The molecule has 0 aromatic heterocycles. The number of nitrogens with zero attached hydrogens (tertiary/aromatic N) is 1. The number of thioether (sulfide) groups is 1. The molecule has 1 unspecified atom stereocenters. The largest absolute Gasteiger partial charge is 0.497 e. The molecule has 4 nitrogen and oxygen atoms in total. The summed E-state index contributed by atoms with van der Waals surface area (Å²) in [6.45, 7) is 6.78. The second-order valence-corrected chi connectivity index (χ2v) is 5.62. The van der Waals surface area contributed by atoms with E-state index >= 15 is 0 Å². The van der Waals surface area contributed by atoms with Crippen LogP contribution in [0.15, 0.2) is 24.3 Å². The number of methoxy groups -OCH3 is 1. The Bertz CT molecular complexity index is 436. The van der Waals surface area contributed by atoms with E-state index in [1.54, 1.807) is 7.11 Å². The molecular formula is C16H26N2O2S. The molecule has 1 aromatic carbocycles. The van der Waals surface area contributed by atoms with Crippen molar-refractivity contribution in [3.05, 3.63) is 29.8 Å². The van der Waals surface area contributed by atoms with Crippen LogP contribution in [0.4, 0.5) is 0 Å². The Labute approximate surface area is 132 Å². The normalized spacial score (nSPS) is 12.2. The van der Waals surface area contributed by atoms with Gasteiger partial charge < -0.3 is 10.1 Å². The fourth-order valence-electron chi connectivity index (χ4n) is 2.36. The molecular weight excluding hydrogens is 284 g/mol. The second kappa shape index (κ2) is 9.68. The summed E-state index contributed by atoms with van der Waals surface area (Å²) in [5.74, 6) is 1.44. The first-order valence-electron chi connectivity index (χ1n) is 7.29. The van der Waals surface area contributed by atoms with Gasteiger partial charge in [-0.25, -0.2) is 0 Å². The molecule has 1 rings (SSSR count). The number of carbonyl (C=O) groups excluding carboxylic acids is 1. The number of carbonyl (C=O) groups is 1. The maximum atomic E-state index is 11.7.